The summed E-state index contributed by atoms with van der Waals surface area (Å²) in [6, 6.07) is 24.8. The Morgan fingerprint density at radius 1 is 0.833 bits per heavy atom. The molecule has 1 aromatic heterocycles. The van der Waals surface area contributed by atoms with Gasteiger partial charge >= 0.3 is 0 Å². The van der Waals surface area contributed by atoms with Gasteiger partial charge in [-0.15, -0.1) is 0 Å². The summed E-state index contributed by atoms with van der Waals surface area (Å²) in [5.74, 6) is -0.329. The van der Waals surface area contributed by atoms with Crippen LogP contribution in [-0.2, 0) is 19.5 Å². The largest absolute Gasteiger partial charge is 0.348 e. The quantitative estimate of drug-likeness (QED) is 0.414. The Balaban J connectivity index is 1.20. The van der Waals surface area contributed by atoms with Crippen LogP contribution in [0.25, 0.3) is 11.1 Å². The average Bonchev–Trinajstić information content (AvgIpc) is 2.92. The van der Waals surface area contributed by atoms with Crippen LogP contribution in [0.15, 0.2) is 91.3 Å². The van der Waals surface area contributed by atoms with E-state index < -0.39 is 0 Å². The van der Waals surface area contributed by atoms with Gasteiger partial charge in [0.1, 0.15) is 0 Å². The molecule has 0 atom stereocenters. The topological polar surface area (TPSA) is 74.3 Å². The lowest BCUT2D eigenvalue weighted by molar-refractivity contribution is 0.0950. The van der Waals surface area contributed by atoms with Crippen LogP contribution in [-0.4, -0.2) is 35.3 Å². The lowest BCUT2D eigenvalue weighted by Crippen LogP contribution is -2.26. The van der Waals surface area contributed by atoms with Crippen LogP contribution in [0.1, 0.15) is 37.4 Å². The number of carbonyl (C=O) groups excluding carboxylic acids is 2. The smallest absolute Gasteiger partial charge is 0.255 e. The molecule has 6 nitrogen and oxygen atoms in total. The predicted molar refractivity (Wildman–Crippen MR) is 142 cm³/mol. The average molecular weight is 477 g/mol. The summed E-state index contributed by atoms with van der Waals surface area (Å²) in [5.41, 5.74) is 7.47. The maximum absolute atomic E-state index is 12.9. The Hall–Kier alpha value is -4.29. The summed E-state index contributed by atoms with van der Waals surface area (Å²) >= 11 is 0. The van der Waals surface area contributed by atoms with Gasteiger partial charge in [0.2, 0.25) is 0 Å². The van der Waals surface area contributed by atoms with E-state index in [9.17, 15) is 9.59 Å². The number of likely N-dealkylation sites (N-methyl/N-ethyl adjacent to an activating group) is 1. The van der Waals surface area contributed by atoms with E-state index in [1.165, 1.54) is 11.1 Å². The van der Waals surface area contributed by atoms with Crippen molar-refractivity contribution in [3.8, 4) is 11.1 Å². The molecule has 3 aromatic carbocycles. The first-order valence-corrected chi connectivity index (χ1v) is 12.0. The van der Waals surface area contributed by atoms with Crippen LogP contribution < -0.4 is 10.6 Å². The highest BCUT2D eigenvalue weighted by molar-refractivity contribution is 6.04. The van der Waals surface area contributed by atoms with Gasteiger partial charge in [-0.05, 0) is 89.8 Å². The van der Waals surface area contributed by atoms with E-state index >= 15 is 0 Å². The van der Waals surface area contributed by atoms with Crippen molar-refractivity contribution in [1.82, 2.24) is 15.2 Å². The number of nitrogens with zero attached hydrogens (tertiary/aromatic N) is 2. The molecule has 5 rings (SSSR count). The number of hydrogen-bond acceptors (Lipinski definition) is 4. The van der Waals surface area contributed by atoms with Crippen molar-refractivity contribution in [3.63, 3.8) is 0 Å². The molecule has 0 spiro atoms. The lowest BCUT2D eigenvalue weighted by Gasteiger charge is -2.25. The number of aromatic nitrogens is 1. The molecule has 0 bridgehead atoms. The van der Waals surface area contributed by atoms with Crippen LogP contribution in [0, 0.1) is 0 Å². The predicted octanol–water partition coefficient (Wildman–Crippen LogP) is 4.92. The highest BCUT2D eigenvalue weighted by atomic mass is 16.2. The SMILES string of the molecule is CN1CCc2ccc(NC(=O)c3cccc(CNC(=O)c4ccc(-c5ccncc5)cc4)c3)cc2C1. The summed E-state index contributed by atoms with van der Waals surface area (Å²) in [6.07, 6.45) is 4.52. The van der Waals surface area contributed by atoms with Crippen molar-refractivity contribution in [2.24, 2.45) is 0 Å². The van der Waals surface area contributed by atoms with Crippen LogP contribution in [0.5, 0.6) is 0 Å². The molecule has 36 heavy (non-hydrogen) atoms. The lowest BCUT2D eigenvalue weighted by atomic mass is 9.99. The van der Waals surface area contributed by atoms with E-state index in [2.05, 4.69) is 39.7 Å². The van der Waals surface area contributed by atoms with Crippen LogP contribution in [0.2, 0.25) is 0 Å². The first-order chi connectivity index (χ1) is 17.5. The zero-order valence-electron chi connectivity index (χ0n) is 20.2. The molecule has 0 fully saturated rings. The van der Waals surface area contributed by atoms with Gasteiger partial charge in [0.15, 0.2) is 0 Å². The normalized spacial score (nSPS) is 13.0. The van der Waals surface area contributed by atoms with Gasteiger partial charge < -0.3 is 15.5 Å². The van der Waals surface area contributed by atoms with E-state index in [1.807, 2.05) is 60.7 Å². The molecular formula is C30H28N4O2. The molecule has 6 heteroatoms. The molecular weight excluding hydrogens is 448 g/mol. The Morgan fingerprint density at radius 2 is 1.61 bits per heavy atom. The third-order valence-electron chi connectivity index (χ3n) is 6.47. The summed E-state index contributed by atoms with van der Waals surface area (Å²) in [4.78, 5) is 31.9. The van der Waals surface area contributed by atoms with Gasteiger partial charge in [-0.25, -0.2) is 0 Å². The van der Waals surface area contributed by atoms with E-state index in [0.29, 0.717) is 17.7 Å². The summed E-state index contributed by atoms with van der Waals surface area (Å²) in [7, 11) is 2.11. The highest BCUT2D eigenvalue weighted by Crippen LogP contribution is 2.23. The van der Waals surface area contributed by atoms with Crippen molar-refractivity contribution < 1.29 is 9.59 Å². The Bertz CT molecular complexity index is 1380. The maximum Gasteiger partial charge on any atom is 0.255 e. The number of carbonyl (C=O) groups is 2. The zero-order valence-corrected chi connectivity index (χ0v) is 20.2. The summed E-state index contributed by atoms with van der Waals surface area (Å²) in [5, 5.41) is 5.95. The van der Waals surface area contributed by atoms with Gasteiger partial charge in [0.05, 0.1) is 0 Å². The Kier molecular flexibility index (Phi) is 6.87. The van der Waals surface area contributed by atoms with Crippen molar-refractivity contribution in [3.05, 3.63) is 119 Å². The van der Waals surface area contributed by atoms with Crippen molar-refractivity contribution >= 4 is 17.5 Å². The standard InChI is InChI=1S/C30H28N4O2/c1-34-16-13-23-9-10-28(18-27(23)20-34)33-30(36)26-4-2-3-21(17-26)19-32-29(35)25-7-5-22(6-8-25)24-11-14-31-15-12-24/h2-12,14-15,17-18H,13,16,19-20H2,1H3,(H,32,35)(H,33,36). The molecule has 2 N–H and O–H groups in total. The molecule has 180 valence electrons. The second-order valence-electron chi connectivity index (χ2n) is 9.12. The maximum atomic E-state index is 12.9. The Labute approximate surface area is 211 Å². The molecule has 0 saturated heterocycles. The van der Waals surface area contributed by atoms with E-state index in [0.717, 1.165) is 41.9 Å². The first kappa shape index (κ1) is 23.5. The van der Waals surface area contributed by atoms with Crippen LogP contribution in [0.3, 0.4) is 0 Å². The highest BCUT2D eigenvalue weighted by Gasteiger charge is 2.15. The molecule has 0 radical (unpaired) electrons. The number of amides is 2. The fourth-order valence-corrected chi connectivity index (χ4v) is 4.44. The minimum absolute atomic E-state index is 0.162. The molecule has 2 amide bonds. The first-order valence-electron chi connectivity index (χ1n) is 12.0. The minimum Gasteiger partial charge on any atom is -0.348 e. The summed E-state index contributed by atoms with van der Waals surface area (Å²) < 4.78 is 0. The molecule has 4 aromatic rings. The number of anilines is 1. The van der Waals surface area contributed by atoms with Gasteiger partial charge in [-0.2, -0.15) is 0 Å². The number of benzene rings is 3. The third kappa shape index (κ3) is 5.50. The number of hydrogen-bond donors (Lipinski definition) is 2. The van der Waals surface area contributed by atoms with Crippen molar-refractivity contribution in [1.29, 1.82) is 0 Å². The molecule has 2 heterocycles. The fraction of sp³-hybridized carbons (Fsp3) is 0.167. The Morgan fingerprint density at radius 3 is 2.42 bits per heavy atom. The van der Waals surface area contributed by atoms with Gasteiger partial charge in [0, 0.05) is 48.8 Å². The number of pyridine rings is 1. The minimum atomic E-state index is -0.168. The van der Waals surface area contributed by atoms with Crippen LogP contribution >= 0.6 is 0 Å². The van der Waals surface area contributed by atoms with Gasteiger partial charge in [0.25, 0.3) is 11.8 Å². The third-order valence-corrected chi connectivity index (χ3v) is 6.47. The monoisotopic (exact) mass is 476 g/mol. The zero-order chi connectivity index (χ0) is 24.9. The van der Waals surface area contributed by atoms with Gasteiger partial charge in [-0.3, -0.25) is 14.6 Å². The van der Waals surface area contributed by atoms with Crippen LogP contribution in [0.4, 0.5) is 5.69 Å². The van der Waals surface area contributed by atoms with E-state index in [1.54, 1.807) is 18.5 Å². The molecule has 0 unspecified atom stereocenters. The van der Waals surface area contributed by atoms with Crippen molar-refractivity contribution in [2.75, 3.05) is 18.9 Å². The van der Waals surface area contributed by atoms with E-state index in [-0.39, 0.29) is 11.8 Å². The number of nitrogens with one attached hydrogen (secondary N) is 2. The fourth-order valence-electron chi connectivity index (χ4n) is 4.44. The number of rotatable bonds is 6. The molecule has 1 aliphatic rings. The second kappa shape index (κ2) is 10.5. The summed E-state index contributed by atoms with van der Waals surface area (Å²) in [6.45, 7) is 2.27. The molecule has 0 aliphatic carbocycles. The molecule has 1 aliphatic heterocycles. The van der Waals surface area contributed by atoms with Gasteiger partial charge in [-0.1, -0.05) is 30.3 Å². The second-order valence-corrected chi connectivity index (χ2v) is 9.12. The molecule has 0 saturated carbocycles. The number of fused-ring (bicyclic) bond motifs is 1. The van der Waals surface area contributed by atoms with Crippen molar-refractivity contribution in [2.45, 2.75) is 19.5 Å². The van der Waals surface area contributed by atoms with E-state index in [4.69, 9.17) is 0 Å².